The van der Waals surface area contributed by atoms with Gasteiger partial charge in [0.05, 0.1) is 24.4 Å². The summed E-state index contributed by atoms with van der Waals surface area (Å²) in [6.45, 7) is 5.99. The Hall–Kier alpha value is -3.81. The number of nitrogens with zero attached hydrogens (tertiary/aromatic N) is 1. The molecule has 1 aromatic heterocycles. The van der Waals surface area contributed by atoms with E-state index in [1.807, 2.05) is 39.0 Å². The molecule has 33 heavy (non-hydrogen) atoms. The molecule has 0 saturated heterocycles. The Morgan fingerprint density at radius 2 is 1.88 bits per heavy atom. The number of nitrogens with two attached hydrogens (primary N) is 1. The second-order valence-corrected chi connectivity index (χ2v) is 7.69. The van der Waals surface area contributed by atoms with Crippen LogP contribution in [0.2, 0.25) is 0 Å². The minimum Gasteiger partial charge on any atom is -0.494 e. The smallest absolute Gasteiger partial charge is 0.171 e. The van der Waals surface area contributed by atoms with Gasteiger partial charge in [-0.1, -0.05) is 6.07 Å². The highest BCUT2D eigenvalue weighted by atomic mass is 19.1. The fourth-order valence-electron chi connectivity index (χ4n) is 3.37. The Bertz CT molecular complexity index is 1100. The summed E-state index contributed by atoms with van der Waals surface area (Å²) in [4.78, 5) is 4.64. The summed E-state index contributed by atoms with van der Waals surface area (Å²) in [6.07, 6.45) is -0.208. The Balaban J connectivity index is 2.13. The van der Waals surface area contributed by atoms with Gasteiger partial charge in [-0.2, -0.15) is 0 Å². The lowest BCUT2D eigenvalue weighted by Gasteiger charge is -2.24. The van der Waals surface area contributed by atoms with Gasteiger partial charge in [0.2, 0.25) is 0 Å². The van der Waals surface area contributed by atoms with E-state index < -0.39 is 11.9 Å². The Morgan fingerprint density at radius 3 is 2.48 bits per heavy atom. The van der Waals surface area contributed by atoms with Crippen molar-refractivity contribution in [1.29, 1.82) is 5.41 Å². The van der Waals surface area contributed by atoms with Gasteiger partial charge < -0.3 is 25.8 Å². The largest absolute Gasteiger partial charge is 0.494 e. The molecule has 0 fully saturated rings. The van der Waals surface area contributed by atoms with Crippen molar-refractivity contribution in [3.63, 3.8) is 0 Å². The molecular formula is C25H30FN5O2. The quantitative estimate of drug-likeness (QED) is 0.257. The first-order valence-electron chi connectivity index (χ1n) is 10.8. The number of nitrogens with one attached hydrogen (secondary N) is 3. The zero-order chi connectivity index (χ0) is 24.0. The SMILES string of the molecule is CCOc1cc(OC(C)C)c(F)c(C(Nc2ccc(C(=N)N)cc2)c2cccc(NC)n2)c1. The number of benzene rings is 2. The topological polar surface area (TPSA) is 105 Å². The third kappa shape index (κ3) is 5.91. The zero-order valence-corrected chi connectivity index (χ0v) is 19.3. The van der Waals surface area contributed by atoms with E-state index in [-0.39, 0.29) is 17.7 Å². The number of anilines is 2. The molecule has 0 amide bonds. The summed E-state index contributed by atoms with van der Waals surface area (Å²) >= 11 is 0. The molecule has 0 radical (unpaired) electrons. The lowest BCUT2D eigenvalue weighted by Crippen LogP contribution is -2.18. The number of nitrogen functional groups attached to an aromatic ring is 1. The van der Waals surface area contributed by atoms with Crippen LogP contribution in [0.1, 0.15) is 43.6 Å². The second-order valence-electron chi connectivity index (χ2n) is 7.69. The summed E-state index contributed by atoms with van der Waals surface area (Å²) in [7, 11) is 1.78. The van der Waals surface area contributed by atoms with Gasteiger partial charge in [-0.15, -0.1) is 0 Å². The van der Waals surface area contributed by atoms with Crippen LogP contribution in [0.5, 0.6) is 11.5 Å². The van der Waals surface area contributed by atoms with Gasteiger partial charge in [0.25, 0.3) is 0 Å². The molecule has 0 aliphatic rings. The van der Waals surface area contributed by atoms with Crippen LogP contribution in [0.3, 0.4) is 0 Å². The summed E-state index contributed by atoms with van der Waals surface area (Å²) in [5.74, 6) is 0.780. The lowest BCUT2D eigenvalue weighted by atomic mass is 10.0. The highest BCUT2D eigenvalue weighted by Crippen LogP contribution is 2.36. The predicted molar refractivity (Wildman–Crippen MR) is 130 cm³/mol. The van der Waals surface area contributed by atoms with Crippen LogP contribution in [0.25, 0.3) is 0 Å². The summed E-state index contributed by atoms with van der Waals surface area (Å²) in [5, 5.41) is 14.0. The van der Waals surface area contributed by atoms with E-state index in [1.54, 1.807) is 43.4 Å². The van der Waals surface area contributed by atoms with Crippen molar-refractivity contribution >= 4 is 17.3 Å². The average Bonchev–Trinajstić information content (AvgIpc) is 2.80. The first kappa shape index (κ1) is 23.8. The van der Waals surface area contributed by atoms with Crippen LogP contribution in [0.15, 0.2) is 54.6 Å². The van der Waals surface area contributed by atoms with E-state index in [0.29, 0.717) is 40.7 Å². The van der Waals surface area contributed by atoms with E-state index in [4.69, 9.17) is 20.6 Å². The van der Waals surface area contributed by atoms with Crippen LogP contribution in [-0.2, 0) is 0 Å². The monoisotopic (exact) mass is 451 g/mol. The van der Waals surface area contributed by atoms with Gasteiger partial charge >= 0.3 is 0 Å². The molecule has 8 heteroatoms. The molecule has 3 aromatic rings. The van der Waals surface area contributed by atoms with Crippen molar-refractivity contribution in [2.45, 2.75) is 32.9 Å². The maximum Gasteiger partial charge on any atom is 0.171 e. The molecule has 3 rings (SSSR count). The highest BCUT2D eigenvalue weighted by molar-refractivity contribution is 5.95. The molecule has 1 atom stereocenters. The number of amidine groups is 1. The molecule has 0 spiro atoms. The highest BCUT2D eigenvalue weighted by Gasteiger charge is 2.24. The van der Waals surface area contributed by atoms with Gasteiger partial charge in [-0.3, -0.25) is 5.41 Å². The normalized spacial score (nSPS) is 11.7. The molecule has 5 N–H and O–H groups in total. The zero-order valence-electron chi connectivity index (χ0n) is 19.3. The van der Waals surface area contributed by atoms with E-state index in [0.717, 1.165) is 0 Å². The number of hydrogen-bond acceptors (Lipinski definition) is 6. The van der Waals surface area contributed by atoms with Crippen molar-refractivity contribution in [1.82, 2.24) is 4.98 Å². The molecule has 7 nitrogen and oxygen atoms in total. The number of aromatic nitrogens is 1. The van der Waals surface area contributed by atoms with E-state index in [9.17, 15) is 0 Å². The van der Waals surface area contributed by atoms with Gasteiger partial charge in [-0.05, 0) is 63.2 Å². The van der Waals surface area contributed by atoms with E-state index >= 15 is 4.39 Å². The molecule has 1 heterocycles. The Labute approximate surface area is 193 Å². The van der Waals surface area contributed by atoms with Crippen LogP contribution >= 0.6 is 0 Å². The summed E-state index contributed by atoms with van der Waals surface area (Å²) in [5.41, 5.74) is 7.84. The first-order chi connectivity index (χ1) is 15.8. The van der Waals surface area contributed by atoms with Gasteiger partial charge in [0.1, 0.15) is 17.4 Å². The molecule has 174 valence electrons. The number of ether oxygens (including phenoxy) is 2. The van der Waals surface area contributed by atoms with Crippen molar-refractivity contribution < 1.29 is 13.9 Å². The summed E-state index contributed by atoms with van der Waals surface area (Å²) in [6, 6.07) is 15.2. The van der Waals surface area contributed by atoms with E-state index in [1.165, 1.54) is 0 Å². The molecular weight excluding hydrogens is 421 g/mol. The predicted octanol–water partition coefficient (Wildman–Crippen LogP) is 4.93. The van der Waals surface area contributed by atoms with Crippen LogP contribution in [0.4, 0.5) is 15.9 Å². The van der Waals surface area contributed by atoms with Gasteiger partial charge in [0.15, 0.2) is 11.6 Å². The lowest BCUT2D eigenvalue weighted by molar-refractivity contribution is 0.228. The van der Waals surface area contributed by atoms with E-state index in [2.05, 4.69) is 15.6 Å². The fraction of sp³-hybridized carbons (Fsp3) is 0.280. The Morgan fingerprint density at radius 1 is 1.15 bits per heavy atom. The van der Waals surface area contributed by atoms with Gasteiger partial charge in [0, 0.05) is 29.9 Å². The van der Waals surface area contributed by atoms with Crippen LogP contribution in [-0.4, -0.2) is 30.6 Å². The molecule has 0 saturated carbocycles. The molecule has 0 bridgehead atoms. The second kappa shape index (κ2) is 10.7. The summed E-state index contributed by atoms with van der Waals surface area (Å²) < 4.78 is 27.2. The molecule has 0 aliphatic carbocycles. The van der Waals surface area contributed by atoms with Crippen molar-refractivity contribution in [3.05, 3.63) is 77.2 Å². The average molecular weight is 452 g/mol. The third-order valence-electron chi connectivity index (χ3n) is 4.86. The van der Waals surface area contributed by atoms with Crippen molar-refractivity contribution in [2.75, 3.05) is 24.3 Å². The number of halogens is 1. The van der Waals surface area contributed by atoms with Gasteiger partial charge in [-0.25, -0.2) is 9.37 Å². The van der Waals surface area contributed by atoms with Crippen molar-refractivity contribution in [3.8, 4) is 11.5 Å². The van der Waals surface area contributed by atoms with Crippen LogP contribution in [0, 0.1) is 11.2 Å². The minimum atomic E-state index is -0.642. The van der Waals surface area contributed by atoms with Crippen molar-refractivity contribution in [2.24, 2.45) is 5.73 Å². The Kier molecular flexibility index (Phi) is 7.71. The molecule has 0 aliphatic heterocycles. The number of pyridine rings is 1. The maximum absolute atomic E-state index is 15.7. The standard InChI is InChI=1S/C25H30FN5O2/c1-5-32-18-13-19(23(26)21(14-18)33-15(2)3)24(20-7-6-8-22(29-4)31-20)30-17-11-9-16(10-12-17)25(27)28/h6-15,24,30H,5H2,1-4H3,(H3,27,28)(H,29,31). The fourth-order valence-corrected chi connectivity index (χ4v) is 3.37. The third-order valence-corrected chi connectivity index (χ3v) is 4.86. The van der Waals surface area contributed by atoms with Crippen LogP contribution < -0.4 is 25.8 Å². The molecule has 1 unspecified atom stereocenters. The minimum absolute atomic E-state index is 0.0209. The number of hydrogen-bond donors (Lipinski definition) is 4. The maximum atomic E-state index is 15.7. The first-order valence-corrected chi connectivity index (χ1v) is 10.8. The number of rotatable bonds is 10. The molecule has 2 aromatic carbocycles.